The van der Waals surface area contributed by atoms with E-state index in [0.717, 1.165) is 24.0 Å². The Bertz CT molecular complexity index is 1170. The van der Waals surface area contributed by atoms with Crippen molar-refractivity contribution < 1.29 is 17.6 Å². The molecule has 1 aliphatic rings. The summed E-state index contributed by atoms with van der Waals surface area (Å²) >= 11 is 0. The Morgan fingerprint density at radius 2 is 1.57 bits per heavy atom. The minimum atomic E-state index is -3.64. The van der Waals surface area contributed by atoms with E-state index in [1.54, 1.807) is 36.4 Å². The summed E-state index contributed by atoms with van der Waals surface area (Å²) in [5.74, 6) is -0.596. The summed E-state index contributed by atoms with van der Waals surface area (Å²) < 4.78 is 41.9. The van der Waals surface area contributed by atoms with Gasteiger partial charge in [-0.05, 0) is 53.3 Å². The molecule has 0 aromatic heterocycles. The van der Waals surface area contributed by atoms with Gasteiger partial charge >= 0.3 is 0 Å². The molecular weight excluding hydrogens is 401 g/mol. The zero-order valence-electron chi connectivity index (χ0n) is 16.3. The summed E-state index contributed by atoms with van der Waals surface area (Å²) in [7, 11) is -3.64. The van der Waals surface area contributed by atoms with Gasteiger partial charge in [-0.25, -0.2) is 17.5 Å². The summed E-state index contributed by atoms with van der Waals surface area (Å²) in [4.78, 5) is 12.9. The van der Waals surface area contributed by atoms with Gasteiger partial charge in [-0.1, -0.05) is 54.6 Å². The Hall–Kier alpha value is -2.83. The largest absolute Gasteiger partial charge is 0.299 e. The topological polar surface area (TPSA) is 63.2 Å². The van der Waals surface area contributed by atoms with Crippen LogP contribution in [0.4, 0.5) is 4.39 Å². The Labute approximate surface area is 175 Å². The van der Waals surface area contributed by atoms with E-state index in [9.17, 15) is 17.6 Å². The number of Topliss-reactive ketones (excluding diaryl/α,β-unsaturated/α-hetero) is 1. The van der Waals surface area contributed by atoms with Gasteiger partial charge in [-0.3, -0.25) is 4.79 Å². The molecule has 0 heterocycles. The first-order chi connectivity index (χ1) is 14.4. The normalized spacial score (nSPS) is 13.9. The van der Waals surface area contributed by atoms with Crippen LogP contribution in [-0.4, -0.2) is 20.2 Å². The second kappa shape index (κ2) is 8.50. The number of sulfonamides is 1. The number of halogens is 1. The summed E-state index contributed by atoms with van der Waals surface area (Å²) in [6, 6.07) is 20.6. The molecule has 1 fully saturated rings. The standard InChI is InChI=1S/C24H22FNO3S/c25-24-9-5-4-8-18(24)14-21(27)15-19-16-22(30(28,29)26-20-10-11-20)12-13-23(19)17-6-2-1-3-7-17/h1-9,12-13,16,20,26H,10-11,14-15H2. The average Bonchev–Trinajstić information content (AvgIpc) is 3.53. The molecule has 1 aliphatic carbocycles. The minimum Gasteiger partial charge on any atom is -0.299 e. The molecule has 1 N–H and O–H groups in total. The second-order valence-corrected chi connectivity index (χ2v) is 9.28. The van der Waals surface area contributed by atoms with Crippen LogP contribution in [-0.2, 0) is 27.7 Å². The fourth-order valence-electron chi connectivity index (χ4n) is 3.40. The Kier molecular flexibility index (Phi) is 5.79. The van der Waals surface area contributed by atoms with Gasteiger partial charge in [0.05, 0.1) is 4.90 Å². The van der Waals surface area contributed by atoms with Gasteiger partial charge in [0.2, 0.25) is 10.0 Å². The van der Waals surface area contributed by atoms with Gasteiger partial charge < -0.3 is 0 Å². The second-order valence-electron chi connectivity index (χ2n) is 7.56. The van der Waals surface area contributed by atoms with Crippen molar-refractivity contribution in [3.8, 4) is 11.1 Å². The van der Waals surface area contributed by atoms with E-state index in [1.807, 2.05) is 30.3 Å². The van der Waals surface area contributed by atoms with Crippen molar-refractivity contribution in [1.29, 1.82) is 0 Å². The molecule has 3 aromatic carbocycles. The molecule has 4 nitrogen and oxygen atoms in total. The van der Waals surface area contributed by atoms with Crippen LogP contribution >= 0.6 is 0 Å². The highest BCUT2D eigenvalue weighted by molar-refractivity contribution is 7.89. The lowest BCUT2D eigenvalue weighted by molar-refractivity contribution is -0.117. The van der Waals surface area contributed by atoms with Crippen molar-refractivity contribution in [1.82, 2.24) is 4.72 Å². The molecule has 0 bridgehead atoms. The van der Waals surface area contributed by atoms with Crippen molar-refractivity contribution in [2.75, 3.05) is 0 Å². The summed E-state index contributed by atoms with van der Waals surface area (Å²) in [5, 5.41) is 0. The van der Waals surface area contributed by atoms with Gasteiger partial charge in [0.1, 0.15) is 11.6 Å². The SMILES string of the molecule is O=C(Cc1ccccc1F)Cc1cc(S(=O)(=O)NC2CC2)ccc1-c1ccccc1. The highest BCUT2D eigenvalue weighted by atomic mass is 32.2. The first kappa shape index (κ1) is 20.4. The molecule has 3 aromatic rings. The van der Waals surface area contributed by atoms with Crippen LogP contribution in [0.3, 0.4) is 0 Å². The third kappa shape index (κ3) is 4.83. The lowest BCUT2D eigenvalue weighted by atomic mass is 9.94. The molecule has 0 aliphatic heterocycles. The minimum absolute atomic E-state index is 0.00469. The van der Waals surface area contributed by atoms with E-state index in [-0.39, 0.29) is 29.6 Å². The van der Waals surface area contributed by atoms with Gasteiger partial charge in [0.15, 0.2) is 0 Å². The van der Waals surface area contributed by atoms with E-state index >= 15 is 0 Å². The van der Waals surface area contributed by atoms with E-state index in [4.69, 9.17) is 0 Å². The Balaban J connectivity index is 1.66. The van der Waals surface area contributed by atoms with Crippen LogP contribution in [0.1, 0.15) is 24.0 Å². The molecule has 0 amide bonds. The van der Waals surface area contributed by atoms with Crippen molar-refractivity contribution in [2.24, 2.45) is 0 Å². The van der Waals surface area contributed by atoms with E-state index < -0.39 is 15.8 Å². The summed E-state index contributed by atoms with van der Waals surface area (Å²) in [6.45, 7) is 0. The van der Waals surface area contributed by atoms with E-state index in [2.05, 4.69) is 4.72 Å². The van der Waals surface area contributed by atoms with Crippen molar-refractivity contribution in [2.45, 2.75) is 36.6 Å². The highest BCUT2D eigenvalue weighted by Crippen LogP contribution is 2.29. The predicted molar refractivity (Wildman–Crippen MR) is 114 cm³/mol. The van der Waals surface area contributed by atoms with Crippen molar-refractivity contribution in [3.05, 3.63) is 89.7 Å². The molecule has 1 saturated carbocycles. The third-order valence-corrected chi connectivity index (χ3v) is 6.62. The summed E-state index contributed by atoms with van der Waals surface area (Å²) in [6.07, 6.45) is 1.66. The van der Waals surface area contributed by atoms with Crippen molar-refractivity contribution >= 4 is 15.8 Å². The highest BCUT2D eigenvalue weighted by Gasteiger charge is 2.28. The van der Waals surface area contributed by atoms with Gasteiger partial charge in [0.25, 0.3) is 0 Å². The molecule has 30 heavy (non-hydrogen) atoms. The number of nitrogens with one attached hydrogen (secondary N) is 1. The fraction of sp³-hybridized carbons (Fsp3) is 0.208. The average molecular weight is 424 g/mol. The number of rotatable bonds is 8. The number of carbonyl (C=O) groups excluding carboxylic acids is 1. The molecule has 0 saturated heterocycles. The summed E-state index contributed by atoms with van der Waals surface area (Å²) in [5.41, 5.74) is 2.64. The van der Waals surface area contributed by atoms with Crippen LogP contribution in [0.25, 0.3) is 11.1 Å². The smallest absolute Gasteiger partial charge is 0.240 e. The molecule has 0 atom stereocenters. The number of benzene rings is 3. The molecule has 0 spiro atoms. The number of hydrogen-bond donors (Lipinski definition) is 1. The Morgan fingerprint density at radius 3 is 2.27 bits per heavy atom. The number of carbonyl (C=O) groups is 1. The molecule has 4 rings (SSSR count). The zero-order valence-corrected chi connectivity index (χ0v) is 17.2. The molecule has 0 unspecified atom stereocenters. The first-order valence-corrected chi connectivity index (χ1v) is 11.4. The van der Waals surface area contributed by atoms with Gasteiger partial charge in [0, 0.05) is 18.9 Å². The van der Waals surface area contributed by atoms with Gasteiger partial charge in [-0.15, -0.1) is 0 Å². The monoisotopic (exact) mass is 423 g/mol. The van der Waals surface area contributed by atoms with Crippen LogP contribution in [0, 0.1) is 5.82 Å². The lowest BCUT2D eigenvalue weighted by Gasteiger charge is -2.13. The van der Waals surface area contributed by atoms with Gasteiger partial charge in [-0.2, -0.15) is 0 Å². The van der Waals surface area contributed by atoms with Crippen LogP contribution in [0.15, 0.2) is 77.7 Å². The van der Waals surface area contributed by atoms with Crippen LogP contribution in [0.5, 0.6) is 0 Å². The van der Waals surface area contributed by atoms with Crippen LogP contribution < -0.4 is 4.72 Å². The van der Waals surface area contributed by atoms with E-state index in [0.29, 0.717) is 11.1 Å². The number of hydrogen-bond acceptors (Lipinski definition) is 3. The molecular formula is C24H22FNO3S. The molecule has 6 heteroatoms. The maximum absolute atomic E-state index is 13.9. The lowest BCUT2D eigenvalue weighted by Crippen LogP contribution is -2.25. The maximum Gasteiger partial charge on any atom is 0.240 e. The Morgan fingerprint density at radius 1 is 0.900 bits per heavy atom. The van der Waals surface area contributed by atoms with Crippen molar-refractivity contribution in [3.63, 3.8) is 0 Å². The maximum atomic E-state index is 13.9. The van der Waals surface area contributed by atoms with Crippen LogP contribution in [0.2, 0.25) is 0 Å². The molecule has 154 valence electrons. The van der Waals surface area contributed by atoms with E-state index in [1.165, 1.54) is 6.07 Å². The quantitative estimate of drug-likeness (QED) is 0.588. The number of ketones is 1. The zero-order chi connectivity index (χ0) is 21.1. The first-order valence-electron chi connectivity index (χ1n) is 9.88. The predicted octanol–water partition coefficient (Wildman–Crippen LogP) is 4.29. The molecule has 0 radical (unpaired) electrons. The third-order valence-electron chi connectivity index (χ3n) is 5.10. The fourth-order valence-corrected chi connectivity index (χ4v) is 4.76.